The van der Waals surface area contributed by atoms with E-state index in [-0.39, 0.29) is 0 Å². The maximum atomic E-state index is 4.89. The summed E-state index contributed by atoms with van der Waals surface area (Å²) in [7, 11) is 0. The summed E-state index contributed by atoms with van der Waals surface area (Å²) in [6, 6.07) is 0. The lowest BCUT2D eigenvalue weighted by Gasteiger charge is -2.15. The monoisotopic (exact) mass is 323 g/mol. The molecular formula is C15H22BrN3. The number of rotatable bonds is 5. The van der Waals surface area contributed by atoms with Gasteiger partial charge in [-0.05, 0) is 48.0 Å². The number of hydrogen-bond acceptors (Lipinski definition) is 3. The third kappa shape index (κ3) is 2.93. The molecule has 0 unspecified atom stereocenters. The van der Waals surface area contributed by atoms with Gasteiger partial charge in [-0.25, -0.2) is 9.97 Å². The second-order valence-corrected chi connectivity index (χ2v) is 6.61. The summed E-state index contributed by atoms with van der Waals surface area (Å²) < 4.78 is 1.10. The summed E-state index contributed by atoms with van der Waals surface area (Å²) in [6.07, 6.45) is 8.88. The van der Waals surface area contributed by atoms with Crippen molar-refractivity contribution in [1.82, 2.24) is 9.97 Å². The van der Waals surface area contributed by atoms with E-state index in [1.54, 1.807) is 0 Å². The van der Waals surface area contributed by atoms with Gasteiger partial charge in [0.05, 0.1) is 10.2 Å². The summed E-state index contributed by atoms with van der Waals surface area (Å²) in [5.41, 5.74) is 1.25. The molecule has 0 amide bonds. The molecule has 104 valence electrons. The highest BCUT2D eigenvalue weighted by Crippen LogP contribution is 2.45. The summed E-state index contributed by atoms with van der Waals surface area (Å²) in [4.78, 5) is 9.68. The minimum atomic E-state index is 0.591. The van der Waals surface area contributed by atoms with Crippen LogP contribution in [0.3, 0.4) is 0 Å². The fraction of sp³-hybridized carbons (Fsp3) is 0.733. The van der Waals surface area contributed by atoms with Crippen LogP contribution in [-0.4, -0.2) is 16.5 Å². The van der Waals surface area contributed by atoms with E-state index in [4.69, 9.17) is 9.97 Å². The molecular weight excluding hydrogens is 302 g/mol. The highest BCUT2D eigenvalue weighted by molar-refractivity contribution is 9.10. The van der Waals surface area contributed by atoms with Crippen LogP contribution in [-0.2, 0) is 0 Å². The minimum Gasteiger partial charge on any atom is -0.369 e. The molecule has 2 fully saturated rings. The SMILES string of the molecule is CCCNc1nc(C2CCCC2)nc(C2CC2)c1Br. The highest BCUT2D eigenvalue weighted by atomic mass is 79.9. The number of nitrogens with one attached hydrogen (secondary N) is 1. The van der Waals surface area contributed by atoms with E-state index in [1.165, 1.54) is 44.2 Å². The van der Waals surface area contributed by atoms with Gasteiger partial charge in [-0.2, -0.15) is 0 Å². The lowest BCUT2D eigenvalue weighted by Crippen LogP contribution is -2.10. The fourth-order valence-corrected chi connectivity index (χ4v) is 3.48. The fourth-order valence-electron chi connectivity index (χ4n) is 2.84. The normalized spacial score (nSPS) is 19.9. The zero-order valence-corrected chi connectivity index (χ0v) is 13.2. The number of aromatic nitrogens is 2. The first kappa shape index (κ1) is 13.3. The Morgan fingerprint density at radius 3 is 2.47 bits per heavy atom. The van der Waals surface area contributed by atoms with Gasteiger partial charge in [-0.15, -0.1) is 0 Å². The standard InChI is InChI=1S/C15H22BrN3/c1-2-9-17-15-12(16)13(10-7-8-10)18-14(19-15)11-5-3-4-6-11/h10-11H,2-9H2,1H3,(H,17,18,19). The third-order valence-corrected chi connectivity index (χ3v) is 4.90. The van der Waals surface area contributed by atoms with Crippen molar-refractivity contribution >= 4 is 21.7 Å². The van der Waals surface area contributed by atoms with Crippen molar-refractivity contribution in [2.45, 2.75) is 63.7 Å². The van der Waals surface area contributed by atoms with Crippen LogP contribution < -0.4 is 5.32 Å². The molecule has 2 saturated carbocycles. The van der Waals surface area contributed by atoms with Gasteiger partial charge in [-0.1, -0.05) is 19.8 Å². The molecule has 1 aromatic heterocycles. The molecule has 19 heavy (non-hydrogen) atoms. The Hall–Kier alpha value is -0.640. The second kappa shape index (κ2) is 5.78. The molecule has 3 nitrogen and oxygen atoms in total. The summed E-state index contributed by atoms with van der Waals surface area (Å²) in [6.45, 7) is 3.16. The molecule has 0 saturated heterocycles. The molecule has 0 aromatic carbocycles. The van der Waals surface area contributed by atoms with Crippen molar-refractivity contribution in [2.24, 2.45) is 0 Å². The first-order valence-electron chi connectivity index (χ1n) is 7.60. The zero-order chi connectivity index (χ0) is 13.2. The number of anilines is 1. The molecule has 0 spiro atoms. The van der Waals surface area contributed by atoms with Gasteiger partial charge < -0.3 is 5.32 Å². The zero-order valence-electron chi connectivity index (χ0n) is 11.6. The highest BCUT2D eigenvalue weighted by Gasteiger charge is 2.31. The van der Waals surface area contributed by atoms with Crippen LogP contribution in [0.2, 0.25) is 0 Å². The Kier molecular flexibility index (Phi) is 4.06. The van der Waals surface area contributed by atoms with E-state index in [0.29, 0.717) is 11.8 Å². The minimum absolute atomic E-state index is 0.591. The van der Waals surface area contributed by atoms with E-state index in [9.17, 15) is 0 Å². The second-order valence-electron chi connectivity index (χ2n) is 5.81. The van der Waals surface area contributed by atoms with Crippen LogP contribution >= 0.6 is 15.9 Å². The van der Waals surface area contributed by atoms with Gasteiger partial charge in [0.15, 0.2) is 0 Å². The van der Waals surface area contributed by atoms with Gasteiger partial charge >= 0.3 is 0 Å². The van der Waals surface area contributed by atoms with Crippen LogP contribution in [0.4, 0.5) is 5.82 Å². The lowest BCUT2D eigenvalue weighted by atomic mass is 10.1. The molecule has 1 heterocycles. The summed E-state index contributed by atoms with van der Waals surface area (Å²) in [5.74, 6) is 3.36. The van der Waals surface area contributed by atoms with E-state index >= 15 is 0 Å². The van der Waals surface area contributed by atoms with Crippen molar-refractivity contribution < 1.29 is 0 Å². The van der Waals surface area contributed by atoms with Crippen molar-refractivity contribution in [3.63, 3.8) is 0 Å². The predicted octanol–water partition coefficient (Wildman–Crippen LogP) is 4.60. The maximum Gasteiger partial charge on any atom is 0.144 e. The Bertz CT molecular complexity index is 451. The Morgan fingerprint density at radius 2 is 1.84 bits per heavy atom. The van der Waals surface area contributed by atoms with E-state index < -0.39 is 0 Å². The molecule has 0 atom stereocenters. The predicted molar refractivity (Wildman–Crippen MR) is 81.7 cm³/mol. The number of halogens is 1. The molecule has 1 aromatic rings. The third-order valence-electron chi connectivity index (χ3n) is 4.12. The van der Waals surface area contributed by atoms with Crippen molar-refractivity contribution in [3.8, 4) is 0 Å². The van der Waals surface area contributed by atoms with E-state index in [0.717, 1.165) is 29.1 Å². The first-order valence-corrected chi connectivity index (χ1v) is 8.40. The van der Waals surface area contributed by atoms with Crippen molar-refractivity contribution in [2.75, 3.05) is 11.9 Å². The van der Waals surface area contributed by atoms with Gasteiger partial charge in [0, 0.05) is 18.4 Å². The smallest absolute Gasteiger partial charge is 0.144 e. The Morgan fingerprint density at radius 1 is 1.11 bits per heavy atom. The molecule has 1 N–H and O–H groups in total. The average Bonchev–Trinajstić information content (AvgIpc) is 3.11. The molecule has 2 aliphatic carbocycles. The molecule has 0 aliphatic heterocycles. The number of hydrogen-bond donors (Lipinski definition) is 1. The van der Waals surface area contributed by atoms with Crippen LogP contribution in [0.15, 0.2) is 4.47 Å². The first-order chi connectivity index (χ1) is 9.29. The Labute approximate surface area is 123 Å². The van der Waals surface area contributed by atoms with E-state index in [1.807, 2.05) is 0 Å². The molecule has 0 bridgehead atoms. The molecule has 0 radical (unpaired) electrons. The summed E-state index contributed by atoms with van der Waals surface area (Å²) >= 11 is 3.71. The van der Waals surface area contributed by atoms with Gasteiger partial charge in [0.1, 0.15) is 11.6 Å². The van der Waals surface area contributed by atoms with Crippen LogP contribution in [0, 0.1) is 0 Å². The topological polar surface area (TPSA) is 37.8 Å². The van der Waals surface area contributed by atoms with Gasteiger partial charge in [0.25, 0.3) is 0 Å². The van der Waals surface area contributed by atoms with E-state index in [2.05, 4.69) is 28.2 Å². The number of nitrogens with zero attached hydrogens (tertiary/aromatic N) is 2. The van der Waals surface area contributed by atoms with Gasteiger partial charge in [0.2, 0.25) is 0 Å². The lowest BCUT2D eigenvalue weighted by molar-refractivity contribution is 0.659. The quantitative estimate of drug-likeness (QED) is 0.860. The van der Waals surface area contributed by atoms with Crippen molar-refractivity contribution in [1.29, 1.82) is 0 Å². The summed E-state index contributed by atoms with van der Waals surface area (Å²) in [5, 5.41) is 3.45. The Balaban J connectivity index is 1.92. The molecule has 3 rings (SSSR count). The van der Waals surface area contributed by atoms with Gasteiger partial charge in [-0.3, -0.25) is 0 Å². The van der Waals surface area contributed by atoms with Crippen LogP contribution in [0.1, 0.15) is 75.2 Å². The molecule has 4 heteroatoms. The maximum absolute atomic E-state index is 4.89. The molecule has 2 aliphatic rings. The largest absolute Gasteiger partial charge is 0.369 e. The van der Waals surface area contributed by atoms with Crippen LogP contribution in [0.5, 0.6) is 0 Å². The average molecular weight is 324 g/mol. The van der Waals surface area contributed by atoms with Crippen molar-refractivity contribution in [3.05, 3.63) is 16.0 Å². The van der Waals surface area contributed by atoms with Crippen LogP contribution in [0.25, 0.3) is 0 Å².